The average molecular weight is 263 g/mol. The molecule has 0 fully saturated rings. The quantitative estimate of drug-likeness (QED) is 0.699. The van der Waals surface area contributed by atoms with E-state index in [1.54, 1.807) is 0 Å². The van der Waals surface area contributed by atoms with Crippen molar-refractivity contribution in [3.8, 4) is 0 Å². The average Bonchev–Trinajstić information content (AvgIpc) is 2.42. The Labute approximate surface area is 115 Å². The third-order valence-electron chi connectivity index (χ3n) is 3.15. The van der Waals surface area contributed by atoms with Gasteiger partial charge in [0.15, 0.2) is 0 Å². The molecule has 0 aliphatic carbocycles. The van der Waals surface area contributed by atoms with Gasteiger partial charge in [-0.15, -0.1) is 0 Å². The van der Waals surface area contributed by atoms with Crippen LogP contribution in [0, 0.1) is 0 Å². The summed E-state index contributed by atoms with van der Waals surface area (Å²) in [5.74, 6) is 0.551. The highest BCUT2D eigenvalue weighted by Gasteiger charge is 2.08. The Morgan fingerprint density at radius 3 is 2.32 bits per heavy atom. The van der Waals surface area contributed by atoms with Gasteiger partial charge in [0.1, 0.15) is 0 Å². The van der Waals surface area contributed by atoms with E-state index in [4.69, 9.17) is 5.73 Å². The molecule has 0 saturated carbocycles. The summed E-state index contributed by atoms with van der Waals surface area (Å²) in [7, 11) is 1.83. The summed E-state index contributed by atoms with van der Waals surface area (Å²) in [6.07, 6.45) is 0.482. The van der Waals surface area contributed by atoms with Crippen molar-refractivity contribution in [3.63, 3.8) is 0 Å². The van der Waals surface area contributed by atoms with E-state index in [0.717, 1.165) is 5.56 Å². The molecule has 1 rings (SSSR count). The summed E-state index contributed by atoms with van der Waals surface area (Å²) >= 11 is 0. The predicted molar refractivity (Wildman–Crippen MR) is 79.0 cm³/mol. The van der Waals surface area contributed by atoms with E-state index < -0.39 is 0 Å². The van der Waals surface area contributed by atoms with Gasteiger partial charge < -0.3 is 16.4 Å². The maximum absolute atomic E-state index is 11.5. The number of benzene rings is 1. The molecule has 1 aromatic rings. The van der Waals surface area contributed by atoms with Gasteiger partial charge in [0.2, 0.25) is 5.91 Å². The van der Waals surface area contributed by atoms with Crippen LogP contribution in [0.5, 0.6) is 0 Å². The van der Waals surface area contributed by atoms with Crippen LogP contribution in [0.1, 0.15) is 43.4 Å². The lowest BCUT2D eigenvalue weighted by Crippen LogP contribution is -2.33. The standard InChI is InChI=1S/C15H25N3O/c1-11(2)12-4-6-13(7-5-12)14(16)10-18-15(19)8-9-17-3/h4-7,11,14,17H,8-10,16H2,1-3H3,(H,18,19). The molecule has 0 saturated heterocycles. The molecule has 4 nitrogen and oxygen atoms in total. The second-order valence-corrected chi connectivity index (χ2v) is 5.09. The third kappa shape index (κ3) is 5.41. The first kappa shape index (κ1) is 15.7. The predicted octanol–water partition coefficient (Wildman–Crippen LogP) is 1.54. The Hall–Kier alpha value is -1.39. The molecule has 1 amide bonds. The minimum absolute atomic E-state index is 0.0311. The lowest BCUT2D eigenvalue weighted by atomic mass is 9.99. The molecule has 0 aromatic heterocycles. The summed E-state index contributed by atoms with van der Waals surface area (Å²) in [6.45, 7) is 5.49. The molecule has 4 heteroatoms. The van der Waals surface area contributed by atoms with E-state index in [2.05, 4.69) is 36.6 Å². The Kier molecular flexibility index (Phi) is 6.53. The molecule has 0 heterocycles. The highest BCUT2D eigenvalue weighted by atomic mass is 16.1. The maximum atomic E-state index is 11.5. The van der Waals surface area contributed by atoms with Crippen molar-refractivity contribution >= 4 is 5.91 Å². The Balaban J connectivity index is 2.44. The minimum atomic E-state index is -0.153. The molecular formula is C15H25N3O. The fourth-order valence-corrected chi connectivity index (χ4v) is 1.80. The van der Waals surface area contributed by atoms with E-state index >= 15 is 0 Å². The van der Waals surface area contributed by atoms with Gasteiger partial charge in [0.25, 0.3) is 0 Å². The second-order valence-electron chi connectivity index (χ2n) is 5.09. The topological polar surface area (TPSA) is 67.2 Å². The summed E-state index contributed by atoms with van der Waals surface area (Å²) in [4.78, 5) is 11.5. The van der Waals surface area contributed by atoms with E-state index in [9.17, 15) is 4.79 Å². The van der Waals surface area contributed by atoms with Gasteiger partial charge in [-0.3, -0.25) is 4.79 Å². The Morgan fingerprint density at radius 1 is 1.21 bits per heavy atom. The van der Waals surface area contributed by atoms with Crippen molar-refractivity contribution in [3.05, 3.63) is 35.4 Å². The molecule has 1 atom stereocenters. The molecule has 0 spiro atoms. The normalized spacial score (nSPS) is 12.5. The number of hydrogen-bond acceptors (Lipinski definition) is 3. The molecule has 0 bridgehead atoms. The van der Waals surface area contributed by atoms with Crippen molar-refractivity contribution in [1.29, 1.82) is 0 Å². The highest BCUT2D eigenvalue weighted by molar-refractivity contribution is 5.76. The van der Waals surface area contributed by atoms with E-state index in [1.807, 2.05) is 19.2 Å². The van der Waals surface area contributed by atoms with Crippen molar-refractivity contribution in [2.24, 2.45) is 5.73 Å². The van der Waals surface area contributed by atoms with Crippen molar-refractivity contribution in [1.82, 2.24) is 10.6 Å². The lowest BCUT2D eigenvalue weighted by molar-refractivity contribution is -0.121. The zero-order valence-electron chi connectivity index (χ0n) is 12.1. The molecule has 19 heavy (non-hydrogen) atoms. The zero-order chi connectivity index (χ0) is 14.3. The van der Waals surface area contributed by atoms with Crippen LogP contribution in [0.2, 0.25) is 0 Å². The first-order chi connectivity index (χ1) is 9.04. The lowest BCUT2D eigenvalue weighted by Gasteiger charge is -2.14. The number of rotatable bonds is 7. The molecule has 0 radical (unpaired) electrons. The Morgan fingerprint density at radius 2 is 1.79 bits per heavy atom. The molecule has 106 valence electrons. The smallest absolute Gasteiger partial charge is 0.221 e. The van der Waals surface area contributed by atoms with Crippen LogP contribution >= 0.6 is 0 Å². The van der Waals surface area contributed by atoms with Gasteiger partial charge in [-0.1, -0.05) is 38.1 Å². The van der Waals surface area contributed by atoms with E-state index in [-0.39, 0.29) is 11.9 Å². The monoisotopic (exact) mass is 263 g/mol. The van der Waals surface area contributed by atoms with Crippen LogP contribution in [0.3, 0.4) is 0 Å². The van der Waals surface area contributed by atoms with E-state index in [0.29, 0.717) is 25.4 Å². The second kappa shape index (κ2) is 7.92. The maximum Gasteiger partial charge on any atom is 0.221 e. The molecule has 0 aliphatic rings. The fraction of sp³-hybridized carbons (Fsp3) is 0.533. The summed E-state index contributed by atoms with van der Waals surface area (Å²) in [5, 5.41) is 5.79. The molecule has 1 aromatic carbocycles. The van der Waals surface area contributed by atoms with Gasteiger partial charge >= 0.3 is 0 Å². The molecular weight excluding hydrogens is 238 g/mol. The Bertz CT molecular complexity index is 387. The first-order valence-electron chi connectivity index (χ1n) is 6.81. The first-order valence-corrected chi connectivity index (χ1v) is 6.81. The number of nitrogens with one attached hydrogen (secondary N) is 2. The molecule has 0 aliphatic heterocycles. The van der Waals surface area contributed by atoms with Crippen LogP contribution < -0.4 is 16.4 Å². The van der Waals surface area contributed by atoms with Gasteiger partial charge in [-0.2, -0.15) is 0 Å². The zero-order valence-corrected chi connectivity index (χ0v) is 12.1. The van der Waals surface area contributed by atoms with Gasteiger partial charge in [-0.05, 0) is 24.1 Å². The third-order valence-corrected chi connectivity index (χ3v) is 3.15. The van der Waals surface area contributed by atoms with Crippen LogP contribution in [0.25, 0.3) is 0 Å². The van der Waals surface area contributed by atoms with Crippen LogP contribution in [-0.2, 0) is 4.79 Å². The van der Waals surface area contributed by atoms with Crippen molar-refractivity contribution < 1.29 is 4.79 Å². The largest absolute Gasteiger partial charge is 0.354 e. The van der Waals surface area contributed by atoms with E-state index in [1.165, 1.54) is 5.56 Å². The number of amides is 1. The SMILES string of the molecule is CNCCC(=O)NCC(N)c1ccc(C(C)C)cc1. The number of carbonyl (C=O) groups is 1. The van der Waals surface area contributed by atoms with Crippen molar-refractivity contribution in [2.45, 2.75) is 32.2 Å². The van der Waals surface area contributed by atoms with Gasteiger partial charge in [0, 0.05) is 25.6 Å². The minimum Gasteiger partial charge on any atom is -0.354 e. The van der Waals surface area contributed by atoms with Crippen LogP contribution in [0.4, 0.5) is 0 Å². The fourth-order valence-electron chi connectivity index (χ4n) is 1.80. The summed E-state index contributed by atoms with van der Waals surface area (Å²) in [6, 6.07) is 8.13. The van der Waals surface area contributed by atoms with Gasteiger partial charge in [0.05, 0.1) is 0 Å². The van der Waals surface area contributed by atoms with Crippen molar-refractivity contribution in [2.75, 3.05) is 20.1 Å². The van der Waals surface area contributed by atoms with Gasteiger partial charge in [-0.25, -0.2) is 0 Å². The number of hydrogen-bond donors (Lipinski definition) is 3. The molecule has 4 N–H and O–H groups in total. The number of nitrogens with two attached hydrogens (primary N) is 1. The summed E-state index contributed by atoms with van der Waals surface area (Å²) < 4.78 is 0. The highest BCUT2D eigenvalue weighted by Crippen LogP contribution is 2.17. The van der Waals surface area contributed by atoms with Crippen LogP contribution in [0.15, 0.2) is 24.3 Å². The van der Waals surface area contributed by atoms with Crippen LogP contribution in [-0.4, -0.2) is 26.0 Å². The summed E-state index contributed by atoms with van der Waals surface area (Å²) in [5.41, 5.74) is 8.42. The number of carbonyl (C=O) groups excluding carboxylic acids is 1. The molecule has 1 unspecified atom stereocenters.